The van der Waals surface area contributed by atoms with Crippen LogP contribution in [0.5, 0.6) is 0 Å². The third-order valence-electron chi connectivity index (χ3n) is 10.3. The topological polar surface area (TPSA) is 38.9 Å². The predicted octanol–water partition coefficient (Wildman–Crippen LogP) is 14.0. The highest BCUT2D eigenvalue weighted by Crippen LogP contribution is 2.37. The molecule has 0 saturated heterocycles. The van der Waals surface area contributed by atoms with Gasteiger partial charge in [-0.25, -0.2) is 9.97 Å². The molecule has 0 aliphatic heterocycles. The smallest absolute Gasteiger partial charge is 0.180 e. The van der Waals surface area contributed by atoms with Gasteiger partial charge in [0.2, 0.25) is 0 Å². The van der Waals surface area contributed by atoms with E-state index in [1.54, 1.807) is 0 Å². The number of aromatic nitrogens is 2. The number of hydrogen-bond donors (Lipinski definition) is 0. The van der Waals surface area contributed by atoms with Crippen LogP contribution < -0.4 is 0 Å². The van der Waals surface area contributed by atoms with Crippen LogP contribution in [-0.4, -0.2) is 9.97 Å². The van der Waals surface area contributed by atoms with E-state index in [2.05, 4.69) is 170 Å². The fraction of sp³-hybridized carbons (Fsp3) is 0. The zero-order chi connectivity index (χ0) is 36.6. The molecule has 258 valence electrons. The van der Waals surface area contributed by atoms with Gasteiger partial charge in [-0.15, -0.1) is 0 Å². The highest BCUT2D eigenvalue weighted by atomic mass is 16.3. The molecule has 0 aliphatic rings. The molecule has 10 aromatic rings. The maximum absolute atomic E-state index is 6.32. The zero-order valence-electron chi connectivity index (χ0n) is 29.9. The molecule has 0 bridgehead atoms. The zero-order valence-corrected chi connectivity index (χ0v) is 29.9. The summed E-state index contributed by atoms with van der Waals surface area (Å²) in [5.74, 6) is 0.668. The molecular formula is C52H34N2O. The second-order valence-electron chi connectivity index (χ2n) is 13.8. The van der Waals surface area contributed by atoms with Gasteiger partial charge in [-0.1, -0.05) is 170 Å². The SMILES string of the molecule is c1ccc(-c2cc(-c3ccccc3)cc(-c3ccc(-c4ccc(-c5cccc(-c6nc(-c7ccccc7)c7oc8ccccc8c7n6)c5)cc4)cc3)c2)cc1. The van der Waals surface area contributed by atoms with Crippen LogP contribution in [0.4, 0.5) is 0 Å². The lowest BCUT2D eigenvalue weighted by Crippen LogP contribution is -1.94. The van der Waals surface area contributed by atoms with Gasteiger partial charge < -0.3 is 4.42 Å². The van der Waals surface area contributed by atoms with Crippen LogP contribution >= 0.6 is 0 Å². The molecule has 0 saturated carbocycles. The standard InChI is InChI=1S/C52H34N2O/c1-4-13-35(14-5-1)44-32-45(36-15-6-2-7-16-36)34-46(33-44)40-29-25-38(26-30-40)37-23-27-39(28-24-37)42-19-12-20-43(31-42)52-53-49(41-17-8-3-9-18-41)51-50(54-52)47-21-10-11-22-48(47)55-51/h1-34H. The van der Waals surface area contributed by atoms with E-state index < -0.39 is 0 Å². The van der Waals surface area contributed by atoms with Crippen molar-refractivity contribution in [3.63, 3.8) is 0 Å². The molecule has 0 fully saturated rings. The van der Waals surface area contributed by atoms with Crippen LogP contribution in [0.25, 0.3) is 100 Å². The summed E-state index contributed by atoms with van der Waals surface area (Å²) in [7, 11) is 0. The minimum Gasteiger partial charge on any atom is -0.452 e. The Kier molecular flexibility index (Phi) is 8.16. The molecule has 0 atom stereocenters. The summed E-state index contributed by atoms with van der Waals surface area (Å²) in [5.41, 5.74) is 16.9. The van der Waals surface area contributed by atoms with E-state index in [1.165, 1.54) is 44.5 Å². The first kappa shape index (κ1) is 32.3. The van der Waals surface area contributed by atoms with Crippen molar-refractivity contribution in [2.75, 3.05) is 0 Å². The lowest BCUT2D eigenvalue weighted by molar-refractivity contribution is 0.667. The van der Waals surface area contributed by atoms with Crippen LogP contribution in [0.3, 0.4) is 0 Å². The third kappa shape index (κ3) is 6.28. The minimum atomic E-state index is 0.668. The van der Waals surface area contributed by atoms with E-state index in [1.807, 2.05) is 36.4 Å². The number of hydrogen-bond acceptors (Lipinski definition) is 3. The predicted molar refractivity (Wildman–Crippen MR) is 227 cm³/mol. The van der Waals surface area contributed by atoms with Gasteiger partial charge in [0.15, 0.2) is 11.4 Å². The lowest BCUT2D eigenvalue weighted by Gasteiger charge is -2.12. The van der Waals surface area contributed by atoms with Crippen LogP contribution in [-0.2, 0) is 0 Å². The van der Waals surface area contributed by atoms with E-state index >= 15 is 0 Å². The maximum atomic E-state index is 6.32. The highest BCUT2D eigenvalue weighted by Gasteiger charge is 2.18. The van der Waals surface area contributed by atoms with Gasteiger partial charge in [0.25, 0.3) is 0 Å². The molecule has 3 heteroatoms. The Morgan fingerprint density at radius 2 is 0.691 bits per heavy atom. The van der Waals surface area contributed by atoms with Gasteiger partial charge in [-0.2, -0.15) is 0 Å². The Labute approximate surface area is 319 Å². The molecule has 0 unspecified atom stereocenters. The first-order valence-electron chi connectivity index (χ1n) is 18.6. The van der Waals surface area contributed by atoms with Gasteiger partial charge in [-0.3, -0.25) is 0 Å². The Hall–Kier alpha value is -7.36. The molecule has 0 radical (unpaired) electrons. The van der Waals surface area contributed by atoms with Gasteiger partial charge in [-0.05, 0) is 92.0 Å². The van der Waals surface area contributed by atoms with Crippen molar-refractivity contribution in [3.05, 3.63) is 206 Å². The minimum absolute atomic E-state index is 0.668. The van der Waals surface area contributed by atoms with E-state index in [0.717, 1.165) is 44.4 Å². The monoisotopic (exact) mass is 702 g/mol. The Bertz CT molecular complexity index is 2880. The number of rotatable bonds is 7. The summed E-state index contributed by atoms with van der Waals surface area (Å²) >= 11 is 0. The van der Waals surface area contributed by atoms with Crippen molar-refractivity contribution in [2.45, 2.75) is 0 Å². The Balaban J connectivity index is 0.957. The fourth-order valence-corrected chi connectivity index (χ4v) is 7.45. The van der Waals surface area contributed by atoms with Crippen LogP contribution in [0.2, 0.25) is 0 Å². The molecule has 2 aromatic heterocycles. The quantitative estimate of drug-likeness (QED) is 0.166. The summed E-state index contributed by atoms with van der Waals surface area (Å²) in [5, 5.41) is 0.982. The molecule has 0 amide bonds. The first-order valence-corrected chi connectivity index (χ1v) is 18.6. The second kappa shape index (κ2) is 13.9. The molecule has 0 spiro atoms. The van der Waals surface area contributed by atoms with Crippen molar-refractivity contribution in [3.8, 4) is 78.3 Å². The summed E-state index contributed by atoms with van der Waals surface area (Å²) in [6.45, 7) is 0. The van der Waals surface area contributed by atoms with Crippen molar-refractivity contribution < 1.29 is 4.42 Å². The number of fused-ring (bicyclic) bond motifs is 3. The molecule has 55 heavy (non-hydrogen) atoms. The second-order valence-corrected chi connectivity index (χ2v) is 13.8. The van der Waals surface area contributed by atoms with E-state index in [-0.39, 0.29) is 0 Å². The first-order chi connectivity index (χ1) is 27.2. The Morgan fingerprint density at radius 3 is 1.25 bits per heavy atom. The molecule has 0 aliphatic carbocycles. The lowest BCUT2D eigenvalue weighted by atomic mass is 9.92. The van der Waals surface area contributed by atoms with Gasteiger partial charge >= 0.3 is 0 Å². The molecule has 8 aromatic carbocycles. The normalized spacial score (nSPS) is 11.3. The summed E-state index contributed by atoms with van der Waals surface area (Å²) in [6, 6.07) is 72.5. The summed E-state index contributed by atoms with van der Waals surface area (Å²) in [6.07, 6.45) is 0. The molecule has 2 heterocycles. The van der Waals surface area contributed by atoms with Gasteiger partial charge in [0, 0.05) is 16.5 Å². The van der Waals surface area contributed by atoms with Crippen LogP contribution in [0, 0.1) is 0 Å². The summed E-state index contributed by atoms with van der Waals surface area (Å²) in [4.78, 5) is 10.2. The molecule has 3 nitrogen and oxygen atoms in total. The highest BCUT2D eigenvalue weighted by molar-refractivity contribution is 6.07. The van der Waals surface area contributed by atoms with Crippen molar-refractivity contribution in [1.82, 2.24) is 9.97 Å². The average molecular weight is 703 g/mol. The van der Waals surface area contributed by atoms with Crippen LogP contribution in [0.15, 0.2) is 211 Å². The number of furan rings is 1. The van der Waals surface area contributed by atoms with Crippen molar-refractivity contribution in [1.29, 1.82) is 0 Å². The average Bonchev–Trinajstić information content (AvgIpc) is 3.66. The molecule has 0 N–H and O–H groups in total. The van der Waals surface area contributed by atoms with Crippen LogP contribution in [0.1, 0.15) is 0 Å². The van der Waals surface area contributed by atoms with Crippen molar-refractivity contribution >= 4 is 22.1 Å². The van der Waals surface area contributed by atoms with E-state index in [0.29, 0.717) is 11.4 Å². The Morgan fingerprint density at radius 1 is 0.291 bits per heavy atom. The largest absolute Gasteiger partial charge is 0.452 e. The van der Waals surface area contributed by atoms with Gasteiger partial charge in [0.1, 0.15) is 16.8 Å². The maximum Gasteiger partial charge on any atom is 0.180 e. The van der Waals surface area contributed by atoms with Gasteiger partial charge in [0.05, 0.1) is 0 Å². The van der Waals surface area contributed by atoms with E-state index in [4.69, 9.17) is 14.4 Å². The molecular weight excluding hydrogens is 669 g/mol. The molecule has 10 rings (SSSR count). The van der Waals surface area contributed by atoms with Crippen molar-refractivity contribution in [2.24, 2.45) is 0 Å². The number of benzene rings is 8. The fourth-order valence-electron chi connectivity index (χ4n) is 7.45. The number of nitrogens with zero attached hydrogens (tertiary/aromatic N) is 2. The summed E-state index contributed by atoms with van der Waals surface area (Å²) < 4.78 is 6.32. The third-order valence-corrected chi connectivity index (χ3v) is 10.3. The van der Waals surface area contributed by atoms with E-state index in [9.17, 15) is 0 Å². The number of para-hydroxylation sites is 1.